The summed E-state index contributed by atoms with van der Waals surface area (Å²) in [6, 6.07) is 3.53. The topological polar surface area (TPSA) is 110 Å². The number of nitrogens with zero attached hydrogens (tertiary/aromatic N) is 1. The summed E-state index contributed by atoms with van der Waals surface area (Å²) in [6.07, 6.45) is 3.66. The van der Waals surface area contributed by atoms with Crippen LogP contribution in [0.1, 0.15) is 25.8 Å². The maximum absolute atomic E-state index is 12.8. The van der Waals surface area contributed by atoms with Crippen LogP contribution in [0.15, 0.2) is 21.4 Å². The third-order valence-electron chi connectivity index (χ3n) is 3.78. The molecular weight excluding hydrogens is 476 g/mol. The molecule has 1 amide bonds. The van der Waals surface area contributed by atoms with Gasteiger partial charge in [-0.1, -0.05) is 6.92 Å². The van der Waals surface area contributed by atoms with E-state index in [4.69, 9.17) is 19.9 Å². The molecule has 0 aliphatic heterocycles. The molecular formula is C20H23BrN2O6S. The van der Waals surface area contributed by atoms with Crippen LogP contribution >= 0.6 is 27.3 Å². The highest BCUT2D eigenvalue weighted by Gasteiger charge is 2.13. The van der Waals surface area contributed by atoms with Crippen LogP contribution in [-0.4, -0.2) is 36.8 Å². The molecule has 8 nitrogen and oxygen atoms in total. The molecule has 30 heavy (non-hydrogen) atoms. The summed E-state index contributed by atoms with van der Waals surface area (Å²) in [7, 11) is 1.53. The normalized spacial score (nSPS) is 12.1. The van der Waals surface area contributed by atoms with E-state index in [0.717, 1.165) is 22.3 Å². The molecule has 0 saturated heterocycles. The van der Waals surface area contributed by atoms with Gasteiger partial charge in [-0.15, -0.1) is 11.3 Å². The lowest BCUT2D eigenvalue weighted by Gasteiger charge is -2.12. The van der Waals surface area contributed by atoms with Crippen molar-refractivity contribution in [3.05, 3.63) is 41.7 Å². The van der Waals surface area contributed by atoms with Gasteiger partial charge in [-0.05, 0) is 53.0 Å². The summed E-state index contributed by atoms with van der Waals surface area (Å²) in [5, 5.41) is 0. The van der Waals surface area contributed by atoms with E-state index < -0.39 is 17.4 Å². The van der Waals surface area contributed by atoms with Gasteiger partial charge in [0.25, 0.3) is 5.56 Å². The fourth-order valence-electron chi connectivity index (χ4n) is 2.55. The van der Waals surface area contributed by atoms with Crippen molar-refractivity contribution in [2.45, 2.75) is 26.8 Å². The predicted octanol–water partition coefficient (Wildman–Crippen LogP) is 1.13. The Morgan fingerprint density at radius 1 is 1.30 bits per heavy atom. The zero-order chi connectivity index (χ0) is 22.3. The Balaban J connectivity index is 2.62. The van der Waals surface area contributed by atoms with Crippen LogP contribution in [0.3, 0.4) is 0 Å². The van der Waals surface area contributed by atoms with E-state index in [1.165, 1.54) is 13.2 Å². The van der Waals surface area contributed by atoms with Crippen molar-refractivity contribution in [2.75, 3.05) is 20.3 Å². The van der Waals surface area contributed by atoms with E-state index in [0.29, 0.717) is 32.7 Å². The minimum Gasteiger partial charge on any atom is -0.493 e. The SMILES string of the molecule is CCCOc1c(Br)cc(/C=c2/s/c(=C\C(=O)OCC)n(CC(N)=O)c2=O)cc1OC. The van der Waals surface area contributed by atoms with Crippen molar-refractivity contribution < 1.29 is 23.8 Å². The van der Waals surface area contributed by atoms with Gasteiger partial charge in [0.05, 0.1) is 35.4 Å². The number of benzene rings is 1. The van der Waals surface area contributed by atoms with Crippen LogP contribution in [-0.2, 0) is 20.9 Å². The minimum absolute atomic E-state index is 0.194. The highest BCUT2D eigenvalue weighted by atomic mass is 79.9. The maximum atomic E-state index is 12.8. The van der Waals surface area contributed by atoms with E-state index in [1.807, 2.05) is 6.92 Å². The van der Waals surface area contributed by atoms with Crippen molar-refractivity contribution in [1.29, 1.82) is 0 Å². The molecule has 2 N–H and O–H groups in total. The Morgan fingerprint density at radius 2 is 2.03 bits per heavy atom. The zero-order valence-corrected chi connectivity index (χ0v) is 19.3. The third kappa shape index (κ3) is 5.96. The quantitative estimate of drug-likeness (QED) is 0.518. The van der Waals surface area contributed by atoms with Gasteiger partial charge in [-0.3, -0.25) is 14.2 Å². The number of esters is 1. The van der Waals surface area contributed by atoms with Crippen LogP contribution in [0.4, 0.5) is 0 Å². The average Bonchev–Trinajstić information content (AvgIpc) is 2.95. The number of nitrogens with two attached hydrogens (primary N) is 1. The number of halogens is 1. The third-order valence-corrected chi connectivity index (χ3v) is 5.43. The number of hydrogen-bond donors (Lipinski definition) is 1. The fourth-order valence-corrected chi connectivity index (χ4v) is 4.16. The number of amides is 1. The number of methoxy groups -OCH3 is 1. The lowest BCUT2D eigenvalue weighted by atomic mass is 10.2. The average molecular weight is 499 g/mol. The first kappa shape index (κ1) is 23.7. The Morgan fingerprint density at radius 3 is 2.63 bits per heavy atom. The first-order valence-corrected chi connectivity index (χ1v) is 10.8. The molecule has 2 aromatic rings. The van der Waals surface area contributed by atoms with Gasteiger partial charge in [0.15, 0.2) is 11.5 Å². The zero-order valence-electron chi connectivity index (χ0n) is 16.9. The molecule has 0 aliphatic rings. The van der Waals surface area contributed by atoms with Crippen molar-refractivity contribution >= 4 is 51.3 Å². The molecule has 1 aromatic heterocycles. The Kier molecular flexibility index (Phi) is 8.67. The Hall–Kier alpha value is -2.59. The molecule has 1 aromatic carbocycles. The van der Waals surface area contributed by atoms with Gasteiger partial charge in [0.2, 0.25) is 5.91 Å². The molecule has 0 radical (unpaired) electrons. The molecule has 1 heterocycles. The molecule has 0 unspecified atom stereocenters. The number of aromatic nitrogens is 1. The summed E-state index contributed by atoms with van der Waals surface area (Å²) in [4.78, 5) is 36.0. The second kappa shape index (κ2) is 11.0. The number of thiazole rings is 1. The number of carbonyl (C=O) groups excluding carboxylic acids is 2. The lowest BCUT2D eigenvalue weighted by molar-refractivity contribution is -0.135. The second-order valence-electron chi connectivity index (χ2n) is 6.09. The summed E-state index contributed by atoms with van der Waals surface area (Å²) in [5.74, 6) is -0.214. The number of rotatable bonds is 9. The number of ether oxygens (including phenoxy) is 3. The van der Waals surface area contributed by atoms with Crippen LogP contribution < -0.4 is 30.0 Å². The molecule has 162 valence electrons. The van der Waals surface area contributed by atoms with Crippen molar-refractivity contribution in [1.82, 2.24) is 4.57 Å². The predicted molar refractivity (Wildman–Crippen MR) is 118 cm³/mol. The first-order valence-electron chi connectivity index (χ1n) is 9.19. The van der Waals surface area contributed by atoms with Gasteiger partial charge in [0.1, 0.15) is 11.2 Å². The first-order chi connectivity index (χ1) is 14.3. The Bertz CT molecular complexity index is 1110. The Labute approximate surface area is 185 Å². The molecule has 0 bridgehead atoms. The monoisotopic (exact) mass is 498 g/mol. The standard InChI is InChI=1S/C20H23BrN2O6S/c1-4-6-29-19-13(21)7-12(8-14(19)27-3)9-15-20(26)23(11-16(22)24)17(30-15)10-18(25)28-5-2/h7-10H,4-6,11H2,1-3H3,(H2,22,24)/b15-9+,17-10-. The van der Waals surface area contributed by atoms with Crippen molar-refractivity contribution in [3.63, 3.8) is 0 Å². The molecule has 0 saturated carbocycles. The van der Waals surface area contributed by atoms with Gasteiger partial charge in [-0.2, -0.15) is 0 Å². The summed E-state index contributed by atoms with van der Waals surface area (Å²) < 4.78 is 18.4. The van der Waals surface area contributed by atoms with Crippen LogP contribution in [0, 0.1) is 0 Å². The van der Waals surface area contributed by atoms with E-state index in [1.54, 1.807) is 25.1 Å². The summed E-state index contributed by atoms with van der Waals surface area (Å²) in [5.41, 5.74) is 5.50. The molecule has 0 fully saturated rings. The van der Waals surface area contributed by atoms with E-state index >= 15 is 0 Å². The molecule has 2 rings (SSSR count). The maximum Gasteiger partial charge on any atom is 0.333 e. The second-order valence-corrected chi connectivity index (χ2v) is 8.00. The van der Waals surface area contributed by atoms with Gasteiger partial charge >= 0.3 is 5.97 Å². The van der Waals surface area contributed by atoms with Gasteiger partial charge < -0.3 is 19.9 Å². The molecule has 0 aliphatic carbocycles. The van der Waals surface area contributed by atoms with Crippen LogP contribution in [0.25, 0.3) is 12.2 Å². The highest BCUT2D eigenvalue weighted by Crippen LogP contribution is 2.36. The van der Waals surface area contributed by atoms with E-state index in [2.05, 4.69) is 15.9 Å². The minimum atomic E-state index is -0.693. The van der Waals surface area contributed by atoms with Crippen LogP contribution in [0.5, 0.6) is 11.5 Å². The number of hydrogen-bond acceptors (Lipinski definition) is 7. The fraction of sp³-hybridized carbons (Fsp3) is 0.350. The highest BCUT2D eigenvalue weighted by molar-refractivity contribution is 9.10. The van der Waals surface area contributed by atoms with Gasteiger partial charge in [0, 0.05) is 0 Å². The summed E-state index contributed by atoms with van der Waals surface area (Å²) in [6.45, 7) is 4.06. The van der Waals surface area contributed by atoms with E-state index in [-0.39, 0.29) is 17.8 Å². The number of primary amides is 1. The number of carbonyl (C=O) groups is 2. The van der Waals surface area contributed by atoms with Crippen LogP contribution in [0.2, 0.25) is 0 Å². The smallest absolute Gasteiger partial charge is 0.333 e. The van der Waals surface area contributed by atoms with Crippen molar-refractivity contribution in [3.8, 4) is 11.5 Å². The van der Waals surface area contributed by atoms with Crippen molar-refractivity contribution in [2.24, 2.45) is 5.73 Å². The lowest BCUT2D eigenvalue weighted by Crippen LogP contribution is -2.36. The van der Waals surface area contributed by atoms with E-state index in [9.17, 15) is 14.4 Å². The summed E-state index contributed by atoms with van der Waals surface area (Å²) >= 11 is 4.53. The largest absolute Gasteiger partial charge is 0.493 e. The molecule has 0 spiro atoms. The molecule has 10 heteroatoms. The molecule has 0 atom stereocenters. The van der Waals surface area contributed by atoms with Gasteiger partial charge in [-0.25, -0.2) is 4.79 Å².